The van der Waals surface area contributed by atoms with Gasteiger partial charge in [-0.25, -0.2) is 0 Å². The van der Waals surface area contributed by atoms with Gasteiger partial charge in [0.2, 0.25) is 0 Å². The predicted molar refractivity (Wildman–Crippen MR) is 168 cm³/mol. The fourth-order valence-corrected chi connectivity index (χ4v) is 8.19. The Morgan fingerprint density at radius 3 is 2.57 bits per heavy atom. The number of amides is 4. The van der Waals surface area contributed by atoms with E-state index in [1.165, 1.54) is 18.5 Å². The number of aromatic amines is 1. The van der Waals surface area contributed by atoms with Crippen LogP contribution in [0, 0.1) is 5.82 Å². The molecule has 5 heterocycles. The molecule has 15 nitrogen and oxygen atoms in total. The van der Waals surface area contributed by atoms with Gasteiger partial charge in [-0.15, -0.1) is 0 Å². The molecule has 3 aliphatic heterocycles. The number of anilines is 3. The maximum atomic E-state index is 14.6. The van der Waals surface area contributed by atoms with Crippen LogP contribution in [0.3, 0.4) is 0 Å². The fourth-order valence-electron chi connectivity index (χ4n) is 6.65. The van der Waals surface area contributed by atoms with Crippen molar-refractivity contribution in [2.75, 3.05) is 12.4 Å². The van der Waals surface area contributed by atoms with Gasteiger partial charge >= 0.3 is 288 Å². The Bertz CT molecular complexity index is 2290. The second kappa shape index (κ2) is 11.8. The molecule has 8 rings (SSSR count). The van der Waals surface area contributed by atoms with Crippen molar-refractivity contribution < 1.29 is 45.3 Å². The number of imide groups is 2. The molecule has 248 valence electrons. The molecule has 1 fully saturated rings. The van der Waals surface area contributed by atoms with E-state index in [9.17, 15) is 28.4 Å². The van der Waals surface area contributed by atoms with Crippen LogP contribution in [-0.2, 0) is 16.6 Å². The van der Waals surface area contributed by atoms with Gasteiger partial charge in [-0.3, -0.25) is 0 Å². The zero-order valence-electron chi connectivity index (χ0n) is 25.5. The molecule has 0 bridgehead atoms. The van der Waals surface area contributed by atoms with Gasteiger partial charge in [0.25, 0.3) is 0 Å². The van der Waals surface area contributed by atoms with Crippen molar-refractivity contribution in [3.05, 3.63) is 105 Å². The average molecular weight is 776 g/mol. The Labute approximate surface area is 286 Å². The van der Waals surface area contributed by atoms with Crippen LogP contribution in [0.5, 0.6) is 0 Å². The molecule has 1 saturated heterocycles. The number of rotatable bonds is 7. The van der Waals surface area contributed by atoms with Crippen molar-refractivity contribution in [1.82, 2.24) is 35.2 Å². The monoisotopic (exact) mass is 775 g/mol. The molecule has 49 heavy (non-hydrogen) atoms. The summed E-state index contributed by atoms with van der Waals surface area (Å²) in [5.41, 5.74) is 2.98. The summed E-state index contributed by atoms with van der Waals surface area (Å²) < 4.78 is 22.9. The molecule has 3 aliphatic rings. The normalized spacial score (nSPS) is 20.0. The van der Waals surface area contributed by atoms with Gasteiger partial charge in [-0.2, -0.15) is 0 Å². The Morgan fingerprint density at radius 2 is 1.82 bits per heavy atom. The Balaban J connectivity index is 1.02. The minimum absolute atomic E-state index is 0.0422. The van der Waals surface area contributed by atoms with Crippen molar-refractivity contribution in [1.29, 1.82) is 0 Å². The molecule has 0 spiro atoms. The molecule has 0 saturated carbocycles. The molecule has 17 heteroatoms. The molecule has 3 unspecified atom stereocenters. The summed E-state index contributed by atoms with van der Waals surface area (Å²) in [5.74, 6) is -2.68. The van der Waals surface area contributed by atoms with E-state index in [0.29, 0.717) is 28.3 Å². The second-order valence-electron chi connectivity index (χ2n) is 11.7. The number of benzene rings is 3. The van der Waals surface area contributed by atoms with Crippen molar-refractivity contribution in [3.8, 4) is 0 Å². The van der Waals surface area contributed by atoms with Crippen LogP contribution in [0.15, 0.2) is 65.7 Å². The van der Waals surface area contributed by atoms with E-state index < -0.39 is 74.8 Å². The van der Waals surface area contributed by atoms with Gasteiger partial charge in [-0.1, -0.05) is 0 Å². The second-order valence-corrected chi connectivity index (χ2v) is 13.4. The SMILES string of the molecule is Cn1ncnc1C1c2n[nH]c(=O)c3cc(F)cc(c23)NC1c1ccc(N[I-]Nc2cccc3c2C(=O)N(C2CCC(=O)NC2=O)C3=O)cc1. The molecule has 0 radical (unpaired) electrons. The molecule has 4 amide bonds. The zero-order valence-corrected chi connectivity index (χ0v) is 27.6. The van der Waals surface area contributed by atoms with Crippen LogP contribution in [0.2, 0.25) is 0 Å². The number of H-pyrrole nitrogens is 1. The number of halogens is 2. The molecule has 0 aliphatic carbocycles. The number of carbonyl (C=O) groups excluding carboxylic acids is 4. The standard InChI is InChI=1S/C32H25FIN10O5/c1-43-28(35-13-36-43)25-26(37-20-12-15(33)11-18-23(20)27(25)41-42-29(18)46)14-5-7-16(8-6-14)39-34-40-19-4-2-3-17-24(19)32(49)44(31(17)48)21-9-10-22(45)38-30(21)47/h2-8,11-13,21,25-26,37,39-40H,9-10H2,1H3,(H,42,46)(H,38,45,47)/q-1. The zero-order chi connectivity index (χ0) is 34.0. The Morgan fingerprint density at radius 1 is 1.00 bits per heavy atom. The number of piperidine rings is 1. The quantitative estimate of drug-likeness (QED) is 0.0800. The van der Waals surface area contributed by atoms with Crippen molar-refractivity contribution >= 4 is 51.5 Å². The number of aryl methyl sites for hydroxylation is 1. The molecule has 3 atom stereocenters. The summed E-state index contributed by atoms with van der Waals surface area (Å²) in [6.45, 7) is 0. The number of hydrogen-bond donors (Lipinski definition) is 5. The van der Waals surface area contributed by atoms with Crippen LogP contribution >= 0.6 is 0 Å². The Kier molecular flexibility index (Phi) is 7.34. The first kappa shape index (κ1) is 30.6. The summed E-state index contributed by atoms with van der Waals surface area (Å²) in [6.07, 6.45) is 1.56. The summed E-state index contributed by atoms with van der Waals surface area (Å²) in [5, 5.41) is 17.5. The first-order valence-corrected chi connectivity index (χ1v) is 17.3. The third-order valence-corrected chi connectivity index (χ3v) is 10.6. The van der Waals surface area contributed by atoms with E-state index in [2.05, 4.69) is 38.0 Å². The molecule has 2 aromatic heterocycles. The number of nitrogens with one attached hydrogen (secondary N) is 5. The number of fused-ring (bicyclic) bond motifs is 1. The Hall–Kier alpha value is -5.72. The number of carbonyl (C=O) groups is 4. The van der Waals surface area contributed by atoms with Crippen LogP contribution in [0.4, 0.5) is 21.5 Å². The molecule has 3 aromatic carbocycles. The topological polar surface area (TPSA) is 196 Å². The molecule has 5 aromatic rings. The van der Waals surface area contributed by atoms with E-state index >= 15 is 0 Å². The number of hydrogen-bond acceptors (Lipinski definition) is 11. The van der Waals surface area contributed by atoms with E-state index in [0.717, 1.165) is 16.2 Å². The van der Waals surface area contributed by atoms with Gasteiger partial charge in [-0.05, 0) is 0 Å². The van der Waals surface area contributed by atoms with Gasteiger partial charge in [0.15, 0.2) is 0 Å². The van der Waals surface area contributed by atoms with Crippen molar-refractivity contribution in [2.24, 2.45) is 7.05 Å². The number of nitrogens with zero attached hydrogens (tertiary/aromatic N) is 5. The van der Waals surface area contributed by atoms with Crippen LogP contribution in [0.25, 0.3) is 10.8 Å². The fraction of sp³-hybridized carbons (Fsp3) is 0.188. The van der Waals surface area contributed by atoms with Crippen LogP contribution < -0.4 is 45.0 Å². The maximum absolute atomic E-state index is 14.6. The third-order valence-electron chi connectivity index (χ3n) is 8.89. The summed E-state index contributed by atoms with van der Waals surface area (Å²) in [6, 6.07) is 13.6. The predicted octanol–water partition coefficient (Wildman–Crippen LogP) is -0.666. The third kappa shape index (κ3) is 5.07. The van der Waals surface area contributed by atoms with Gasteiger partial charge in [0.05, 0.1) is 0 Å². The first-order chi connectivity index (χ1) is 23.7. The molecular weight excluding hydrogens is 750 g/mol. The van der Waals surface area contributed by atoms with Crippen LogP contribution in [0.1, 0.15) is 62.6 Å². The first-order valence-electron chi connectivity index (χ1n) is 15.1. The summed E-state index contributed by atoms with van der Waals surface area (Å²) in [4.78, 5) is 68.6. The summed E-state index contributed by atoms with van der Waals surface area (Å²) >= 11 is -0.982. The summed E-state index contributed by atoms with van der Waals surface area (Å²) in [7, 11) is 1.77. The van der Waals surface area contributed by atoms with E-state index in [1.54, 1.807) is 29.9 Å². The molecule has 5 N–H and O–H groups in total. The average Bonchev–Trinajstić information content (AvgIpc) is 3.62. The van der Waals surface area contributed by atoms with Gasteiger partial charge in [0.1, 0.15) is 0 Å². The van der Waals surface area contributed by atoms with Gasteiger partial charge < -0.3 is 0 Å². The van der Waals surface area contributed by atoms with Crippen molar-refractivity contribution in [2.45, 2.75) is 30.8 Å². The minimum atomic E-state index is -1.05. The van der Waals surface area contributed by atoms with Crippen LogP contribution in [-0.4, -0.2) is 59.5 Å². The number of aromatic nitrogens is 5. The van der Waals surface area contributed by atoms with E-state index in [1.807, 2.05) is 24.3 Å². The van der Waals surface area contributed by atoms with Gasteiger partial charge in [0, 0.05) is 0 Å². The van der Waals surface area contributed by atoms with E-state index in [-0.39, 0.29) is 29.4 Å². The van der Waals surface area contributed by atoms with Crippen molar-refractivity contribution in [3.63, 3.8) is 0 Å². The molecular formula is C32H25FIN10O5-. The van der Waals surface area contributed by atoms with E-state index in [4.69, 9.17) is 0 Å².